The molecule has 0 spiro atoms. The van der Waals surface area contributed by atoms with E-state index in [1.54, 1.807) is 6.92 Å². The van der Waals surface area contributed by atoms with E-state index in [-0.39, 0.29) is 11.0 Å². The van der Waals surface area contributed by atoms with Crippen molar-refractivity contribution < 1.29 is 9.90 Å². The summed E-state index contributed by atoms with van der Waals surface area (Å²) in [6.07, 6.45) is 1.48. The lowest BCUT2D eigenvalue weighted by molar-refractivity contribution is 0.0689. The molecule has 0 aliphatic carbocycles. The smallest absolute Gasteiger partial charge is 0.352 e. The number of carbonyl (C=O) groups is 1. The van der Waals surface area contributed by atoms with E-state index in [9.17, 15) is 4.79 Å². The predicted octanol–water partition coefficient (Wildman–Crippen LogP) is 2.27. The molecular formula is C10H8ClN3O2. The molecule has 5 nitrogen and oxygen atoms in total. The van der Waals surface area contributed by atoms with Gasteiger partial charge in [-0.05, 0) is 24.6 Å². The molecule has 0 saturated heterocycles. The lowest BCUT2D eigenvalue weighted by Crippen LogP contribution is -2.06. The van der Waals surface area contributed by atoms with Crippen LogP contribution in [-0.4, -0.2) is 25.6 Å². The Morgan fingerprint density at radius 2 is 2.31 bits per heavy atom. The van der Waals surface area contributed by atoms with Gasteiger partial charge in [0.1, 0.15) is 11.3 Å². The van der Waals surface area contributed by atoms with Crippen LogP contribution in [0, 0.1) is 0 Å². The first-order chi connectivity index (χ1) is 7.50. The van der Waals surface area contributed by atoms with Crippen LogP contribution in [0.3, 0.4) is 0 Å². The molecule has 1 N–H and O–H groups in total. The number of hydrogen-bond acceptors (Lipinski definition) is 3. The fourth-order valence-corrected chi connectivity index (χ4v) is 1.64. The van der Waals surface area contributed by atoms with Gasteiger partial charge in [0.15, 0.2) is 0 Å². The Bertz CT molecular complexity index is 603. The van der Waals surface area contributed by atoms with E-state index < -0.39 is 5.97 Å². The van der Waals surface area contributed by atoms with E-state index in [0.717, 1.165) is 0 Å². The van der Waals surface area contributed by atoms with Crippen LogP contribution in [0.5, 0.6) is 0 Å². The molecule has 0 atom stereocenters. The van der Waals surface area contributed by atoms with Crippen molar-refractivity contribution in [1.82, 2.24) is 14.5 Å². The van der Waals surface area contributed by atoms with Crippen LogP contribution in [0.1, 0.15) is 17.4 Å². The van der Waals surface area contributed by atoms with Crippen molar-refractivity contribution in [3.63, 3.8) is 0 Å². The zero-order valence-corrected chi connectivity index (χ0v) is 9.19. The second-order valence-electron chi connectivity index (χ2n) is 3.32. The minimum absolute atomic E-state index is 0.0741. The number of halogens is 1. The molecule has 6 heteroatoms. The summed E-state index contributed by atoms with van der Waals surface area (Å²) in [5.74, 6) is -1.04. The van der Waals surface area contributed by atoms with Crippen LogP contribution >= 0.6 is 11.6 Å². The second-order valence-corrected chi connectivity index (χ2v) is 3.66. The molecule has 82 valence electrons. The quantitative estimate of drug-likeness (QED) is 0.814. The number of carboxylic acid groups (broad SMARTS) is 1. The largest absolute Gasteiger partial charge is 0.477 e. The highest BCUT2D eigenvalue weighted by molar-refractivity contribution is 6.28. The fraction of sp³-hybridized carbons (Fsp3) is 0.100. The third-order valence-electron chi connectivity index (χ3n) is 2.11. The second kappa shape index (κ2) is 3.61. The van der Waals surface area contributed by atoms with Gasteiger partial charge in [-0.25, -0.2) is 9.78 Å². The summed E-state index contributed by atoms with van der Waals surface area (Å²) >= 11 is 5.67. The molecule has 0 bridgehead atoms. The SMILES string of the molecule is C=C(C)n1c(C(=O)O)cc2cnc(Cl)nc21. The number of nitrogens with zero attached hydrogens (tertiary/aromatic N) is 3. The van der Waals surface area contributed by atoms with E-state index in [4.69, 9.17) is 16.7 Å². The fourth-order valence-electron chi connectivity index (χ4n) is 1.51. The van der Waals surface area contributed by atoms with E-state index in [1.165, 1.54) is 16.8 Å². The summed E-state index contributed by atoms with van der Waals surface area (Å²) in [5, 5.41) is 9.73. The Labute approximate surface area is 96.0 Å². The maximum atomic E-state index is 11.0. The molecule has 0 unspecified atom stereocenters. The van der Waals surface area contributed by atoms with Crippen molar-refractivity contribution in [2.75, 3.05) is 0 Å². The van der Waals surface area contributed by atoms with Gasteiger partial charge in [-0.2, -0.15) is 4.98 Å². The number of fused-ring (bicyclic) bond motifs is 1. The molecule has 0 aromatic carbocycles. The number of aromatic nitrogens is 3. The molecule has 2 rings (SSSR count). The van der Waals surface area contributed by atoms with E-state index in [1.807, 2.05) is 0 Å². The van der Waals surface area contributed by atoms with E-state index >= 15 is 0 Å². The highest BCUT2D eigenvalue weighted by Crippen LogP contribution is 2.22. The zero-order chi connectivity index (χ0) is 11.9. The van der Waals surface area contributed by atoms with Gasteiger partial charge in [-0.3, -0.25) is 4.57 Å². The molecule has 0 aliphatic rings. The van der Waals surface area contributed by atoms with Gasteiger partial charge in [0.2, 0.25) is 5.28 Å². The predicted molar refractivity (Wildman–Crippen MR) is 60.5 cm³/mol. The van der Waals surface area contributed by atoms with Gasteiger partial charge < -0.3 is 5.11 Å². The average molecular weight is 238 g/mol. The molecular weight excluding hydrogens is 230 g/mol. The molecule has 0 aliphatic heterocycles. The third kappa shape index (κ3) is 1.55. The summed E-state index contributed by atoms with van der Waals surface area (Å²) < 4.78 is 1.44. The molecule has 0 amide bonds. The van der Waals surface area contributed by atoms with Gasteiger partial charge in [-0.1, -0.05) is 6.58 Å². The van der Waals surface area contributed by atoms with Gasteiger partial charge in [0, 0.05) is 17.3 Å². The summed E-state index contributed by atoms with van der Waals surface area (Å²) in [5.41, 5.74) is 1.10. The van der Waals surface area contributed by atoms with Crippen molar-refractivity contribution in [2.24, 2.45) is 0 Å². The standard InChI is InChI=1S/C10H8ClN3O2/c1-5(2)14-7(9(15)16)3-6-4-12-10(11)13-8(6)14/h3-4H,1H2,2H3,(H,15,16). The number of hydrogen-bond donors (Lipinski definition) is 1. The first kappa shape index (κ1) is 10.6. The number of aromatic carboxylic acids is 1. The minimum atomic E-state index is -1.04. The van der Waals surface area contributed by atoms with Crippen LogP contribution < -0.4 is 0 Å². The van der Waals surface area contributed by atoms with Crippen LogP contribution in [0.15, 0.2) is 18.8 Å². The summed E-state index contributed by atoms with van der Waals surface area (Å²) in [7, 11) is 0. The molecule has 0 fully saturated rings. The van der Waals surface area contributed by atoms with E-state index in [0.29, 0.717) is 16.7 Å². The van der Waals surface area contributed by atoms with Crippen molar-refractivity contribution >= 4 is 34.3 Å². The highest BCUT2D eigenvalue weighted by atomic mass is 35.5. The van der Waals surface area contributed by atoms with Crippen LogP contribution in [0.25, 0.3) is 16.7 Å². The Balaban J connectivity index is 2.88. The normalized spacial score (nSPS) is 10.6. The molecule has 0 saturated carbocycles. The van der Waals surface area contributed by atoms with Gasteiger partial charge in [0.05, 0.1) is 0 Å². The van der Waals surface area contributed by atoms with Crippen LogP contribution in [-0.2, 0) is 0 Å². The molecule has 0 radical (unpaired) electrons. The lowest BCUT2D eigenvalue weighted by atomic mass is 10.4. The molecule has 2 heterocycles. The van der Waals surface area contributed by atoms with Crippen molar-refractivity contribution in [3.8, 4) is 0 Å². The minimum Gasteiger partial charge on any atom is -0.477 e. The van der Waals surface area contributed by atoms with Crippen molar-refractivity contribution in [1.29, 1.82) is 0 Å². The summed E-state index contributed by atoms with van der Waals surface area (Å²) in [6, 6.07) is 1.49. The summed E-state index contributed by atoms with van der Waals surface area (Å²) in [4.78, 5) is 18.8. The molecule has 16 heavy (non-hydrogen) atoms. The first-order valence-electron chi connectivity index (χ1n) is 4.44. The van der Waals surface area contributed by atoms with E-state index in [2.05, 4.69) is 16.5 Å². The van der Waals surface area contributed by atoms with Crippen LogP contribution in [0.2, 0.25) is 5.28 Å². The maximum Gasteiger partial charge on any atom is 0.352 e. The topological polar surface area (TPSA) is 68.0 Å². The Kier molecular flexibility index (Phi) is 2.40. The Morgan fingerprint density at radius 3 is 2.88 bits per heavy atom. The lowest BCUT2D eigenvalue weighted by Gasteiger charge is -2.05. The monoisotopic (exact) mass is 237 g/mol. The van der Waals surface area contributed by atoms with Crippen molar-refractivity contribution in [3.05, 3.63) is 29.8 Å². The number of carboxylic acids is 1. The zero-order valence-electron chi connectivity index (χ0n) is 8.44. The van der Waals surface area contributed by atoms with Crippen LogP contribution in [0.4, 0.5) is 0 Å². The van der Waals surface area contributed by atoms with Gasteiger partial charge in [-0.15, -0.1) is 0 Å². The molecule has 2 aromatic heterocycles. The highest BCUT2D eigenvalue weighted by Gasteiger charge is 2.16. The average Bonchev–Trinajstić information content (AvgIpc) is 2.55. The summed E-state index contributed by atoms with van der Waals surface area (Å²) in [6.45, 7) is 5.41. The maximum absolute atomic E-state index is 11.0. The Hall–Kier alpha value is -1.88. The number of allylic oxidation sites excluding steroid dienone is 1. The third-order valence-corrected chi connectivity index (χ3v) is 2.29. The van der Waals surface area contributed by atoms with Gasteiger partial charge >= 0.3 is 5.97 Å². The first-order valence-corrected chi connectivity index (χ1v) is 4.81. The van der Waals surface area contributed by atoms with Crippen molar-refractivity contribution in [2.45, 2.75) is 6.92 Å². The van der Waals surface area contributed by atoms with Gasteiger partial charge in [0.25, 0.3) is 0 Å². The molecule has 2 aromatic rings. The number of rotatable bonds is 2. The Morgan fingerprint density at radius 1 is 1.62 bits per heavy atom.